The minimum atomic E-state index is -3.89. The summed E-state index contributed by atoms with van der Waals surface area (Å²) in [7, 11) is -3.89. The Kier molecular flexibility index (Phi) is 4.20. The molecule has 0 aliphatic rings. The molecule has 0 aliphatic heterocycles. The van der Waals surface area contributed by atoms with Crippen molar-refractivity contribution in [1.82, 2.24) is 0 Å². The molecular formula is C13H11F2NO2S2. The molecule has 1 heterocycles. The molecule has 106 valence electrons. The lowest BCUT2D eigenvalue weighted by Crippen LogP contribution is -2.31. The van der Waals surface area contributed by atoms with Gasteiger partial charge < -0.3 is 0 Å². The average molecular weight is 315 g/mol. The maximum absolute atomic E-state index is 13.8. The van der Waals surface area contributed by atoms with Crippen molar-refractivity contribution in [2.24, 2.45) is 0 Å². The zero-order valence-corrected chi connectivity index (χ0v) is 11.9. The van der Waals surface area contributed by atoms with Gasteiger partial charge in [-0.25, -0.2) is 17.2 Å². The minimum absolute atomic E-state index is 0.0862. The summed E-state index contributed by atoms with van der Waals surface area (Å²) < 4.78 is 52.6. The van der Waals surface area contributed by atoms with Gasteiger partial charge in [-0.05, 0) is 23.6 Å². The van der Waals surface area contributed by atoms with Gasteiger partial charge in [-0.3, -0.25) is 4.31 Å². The predicted octanol–water partition coefficient (Wildman–Crippen LogP) is 3.41. The SMILES string of the molecule is C=CCN(c1ccc(F)cc1F)S(=O)(=O)c1cccs1. The summed E-state index contributed by atoms with van der Waals surface area (Å²) in [6, 6.07) is 5.77. The number of hydrogen-bond acceptors (Lipinski definition) is 3. The predicted molar refractivity (Wildman–Crippen MR) is 75.4 cm³/mol. The van der Waals surface area contributed by atoms with Crippen molar-refractivity contribution >= 4 is 27.0 Å². The summed E-state index contributed by atoms with van der Waals surface area (Å²) in [5, 5.41) is 1.61. The highest BCUT2D eigenvalue weighted by atomic mass is 32.2. The van der Waals surface area contributed by atoms with E-state index in [1.807, 2.05) is 0 Å². The second-order valence-electron chi connectivity index (χ2n) is 3.85. The van der Waals surface area contributed by atoms with E-state index in [0.717, 1.165) is 27.8 Å². The molecule has 0 aliphatic carbocycles. The second kappa shape index (κ2) is 5.72. The van der Waals surface area contributed by atoms with E-state index >= 15 is 0 Å². The lowest BCUT2D eigenvalue weighted by atomic mass is 10.3. The van der Waals surface area contributed by atoms with Gasteiger partial charge in [0.2, 0.25) is 0 Å². The van der Waals surface area contributed by atoms with Gasteiger partial charge in [0, 0.05) is 6.07 Å². The molecule has 0 atom stereocenters. The van der Waals surface area contributed by atoms with Crippen LogP contribution >= 0.6 is 11.3 Å². The Balaban J connectivity index is 2.54. The van der Waals surface area contributed by atoms with Crippen LogP contribution in [0.25, 0.3) is 0 Å². The molecule has 20 heavy (non-hydrogen) atoms. The quantitative estimate of drug-likeness (QED) is 0.793. The number of hydrogen-bond donors (Lipinski definition) is 0. The van der Waals surface area contributed by atoms with Gasteiger partial charge in [0.25, 0.3) is 10.0 Å². The Hall–Kier alpha value is -1.73. The molecular weight excluding hydrogens is 304 g/mol. The van der Waals surface area contributed by atoms with Crippen LogP contribution in [-0.2, 0) is 10.0 Å². The average Bonchev–Trinajstić information content (AvgIpc) is 2.91. The third-order valence-corrected chi connectivity index (χ3v) is 5.67. The molecule has 2 rings (SSSR count). The number of rotatable bonds is 5. The third kappa shape index (κ3) is 2.73. The Morgan fingerprint density at radius 2 is 2.05 bits per heavy atom. The van der Waals surface area contributed by atoms with E-state index in [1.54, 1.807) is 11.4 Å². The molecule has 0 fully saturated rings. The van der Waals surface area contributed by atoms with Gasteiger partial charge in [-0.1, -0.05) is 12.1 Å². The van der Waals surface area contributed by atoms with E-state index in [9.17, 15) is 17.2 Å². The minimum Gasteiger partial charge on any atom is -0.259 e. The van der Waals surface area contributed by atoms with Gasteiger partial charge in [0.15, 0.2) is 0 Å². The molecule has 0 bridgehead atoms. The smallest absolute Gasteiger partial charge is 0.259 e. The monoisotopic (exact) mass is 315 g/mol. The zero-order chi connectivity index (χ0) is 14.8. The van der Waals surface area contributed by atoms with Crippen LogP contribution in [0.4, 0.5) is 14.5 Å². The maximum Gasteiger partial charge on any atom is 0.274 e. The Bertz CT molecular complexity index is 712. The first-order valence-electron chi connectivity index (χ1n) is 5.59. The molecule has 0 unspecified atom stereocenters. The first-order chi connectivity index (χ1) is 9.46. The van der Waals surface area contributed by atoms with E-state index in [-0.39, 0.29) is 16.4 Å². The zero-order valence-electron chi connectivity index (χ0n) is 10.3. The van der Waals surface area contributed by atoms with Gasteiger partial charge in [-0.2, -0.15) is 0 Å². The van der Waals surface area contributed by atoms with Gasteiger partial charge in [0.05, 0.1) is 12.2 Å². The number of anilines is 1. The molecule has 0 saturated carbocycles. The molecule has 2 aromatic rings. The highest BCUT2D eigenvalue weighted by molar-refractivity contribution is 7.94. The van der Waals surface area contributed by atoms with E-state index in [4.69, 9.17) is 0 Å². The Morgan fingerprint density at radius 1 is 1.30 bits per heavy atom. The Morgan fingerprint density at radius 3 is 2.60 bits per heavy atom. The molecule has 3 nitrogen and oxygen atoms in total. The molecule has 0 N–H and O–H groups in total. The lowest BCUT2D eigenvalue weighted by Gasteiger charge is -2.22. The van der Waals surface area contributed by atoms with E-state index in [0.29, 0.717) is 6.07 Å². The molecule has 0 amide bonds. The topological polar surface area (TPSA) is 37.4 Å². The highest BCUT2D eigenvalue weighted by Gasteiger charge is 2.27. The first-order valence-corrected chi connectivity index (χ1v) is 7.91. The number of benzene rings is 1. The molecule has 0 saturated heterocycles. The fourth-order valence-electron chi connectivity index (χ4n) is 1.65. The number of nitrogens with zero attached hydrogens (tertiary/aromatic N) is 1. The number of halogens is 2. The summed E-state index contributed by atoms with van der Waals surface area (Å²) >= 11 is 1.03. The van der Waals surface area contributed by atoms with Gasteiger partial charge >= 0.3 is 0 Å². The summed E-state index contributed by atoms with van der Waals surface area (Å²) in [5.41, 5.74) is -0.209. The fourth-order valence-corrected chi connectivity index (χ4v) is 4.19. The van der Waals surface area contributed by atoms with Gasteiger partial charge in [-0.15, -0.1) is 17.9 Å². The van der Waals surface area contributed by atoms with Crippen molar-refractivity contribution < 1.29 is 17.2 Å². The van der Waals surface area contributed by atoms with Crippen LogP contribution in [0.1, 0.15) is 0 Å². The standard InChI is InChI=1S/C13H11F2NO2S2/c1-2-7-16(12-6-5-10(14)9-11(12)15)20(17,18)13-4-3-8-19-13/h2-6,8-9H,1,7H2. The summed E-state index contributed by atoms with van der Waals surface area (Å²) in [4.78, 5) is 0. The van der Waals surface area contributed by atoms with E-state index in [1.165, 1.54) is 12.1 Å². The number of sulfonamides is 1. The molecule has 1 aromatic heterocycles. The van der Waals surface area contributed by atoms with Crippen LogP contribution in [0.5, 0.6) is 0 Å². The van der Waals surface area contributed by atoms with Crippen molar-refractivity contribution in [1.29, 1.82) is 0 Å². The van der Waals surface area contributed by atoms with Crippen molar-refractivity contribution in [2.45, 2.75) is 4.21 Å². The van der Waals surface area contributed by atoms with Crippen molar-refractivity contribution in [3.63, 3.8) is 0 Å². The maximum atomic E-state index is 13.8. The molecule has 0 spiro atoms. The molecule has 0 radical (unpaired) electrons. The largest absolute Gasteiger partial charge is 0.274 e. The summed E-state index contributed by atoms with van der Waals surface area (Å²) in [6.45, 7) is 3.36. The summed E-state index contributed by atoms with van der Waals surface area (Å²) in [6.07, 6.45) is 1.34. The first kappa shape index (κ1) is 14.7. The van der Waals surface area contributed by atoms with Crippen LogP contribution < -0.4 is 4.31 Å². The van der Waals surface area contributed by atoms with Crippen LogP contribution in [0.3, 0.4) is 0 Å². The van der Waals surface area contributed by atoms with Crippen molar-refractivity contribution in [2.75, 3.05) is 10.8 Å². The second-order valence-corrected chi connectivity index (χ2v) is 6.89. The van der Waals surface area contributed by atoms with Gasteiger partial charge in [0.1, 0.15) is 15.8 Å². The third-order valence-electron chi connectivity index (χ3n) is 2.51. The van der Waals surface area contributed by atoms with E-state index < -0.39 is 21.7 Å². The lowest BCUT2D eigenvalue weighted by molar-refractivity contribution is 0.576. The van der Waals surface area contributed by atoms with Crippen LogP contribution in [0.15, 0.2) is 52.6 Å². The van der Waals surface area contributed by atoms with Crippen molar-refractivity contribution in [3.05, 3.63) is 60.0 Å². The van der Waals surface area contributed by atoms with E-state index in [2.05, 4.69) is 6.58 Å². The van der Waals surface area contributed by atoms with Crippen molar-refractivity contribution in [3.8, 4) is 0 Å². The normalized spacial score (nSPS) is 11.3. The Labute approximate surface area is 119 Å². The van der Waals surface area contributed by atoms with Crippen LogP contribution in [0.2, 0.25) is 0 Å². The summed E-state index contributed by atoms with van der Waals surface area (Å²) in [5.74, 6) is -1.70. The highest BCUT2D eigenvalue weighted by Crippen LogP contribution is 2.28. The fraction of sp³-hybridized carbons (Fsp3) is 0.0769. The molecule has 1 aromatic carbocycles. The van der Waals surface area contributed by atoms with Crippen LogP contribution in [0, 0.1) is 11.6 Å². The molecule has 7 heteroatoms. The number of thiophene rings is 1. The van der Waals surface area contributed by atoms with Crippen LogP contribution in [-0.4, -0.2) is 15.0 Å².